The van der Waals surface area contributed by atoms with Crippen LogP contribution in [0.25, 0.3) is 0 Å². The van der Waals surface area contributed by atoms with E-state index in [0.29, 0.717) is 5.56 Å². The molecule has 1 heterocycles. The monoisotopic (exact) mass is 235 g/mol. The summed E-state index contributed by atoms with van der Waals surface area (Å²) in [4.78, 5) is 7.56. The molecule has 4 nitrogen and oxygen atoms in total. The van der Waals surface area contributed by atoms with E-state index in [1.54, 1.807) is 7.05 Å². The fourth-order valence-electron chi connectivity index (χ4n) is 1.13. The molecule has 0 aromatic carbocycles. The second kappa shape index (κ2) is 5.76. The average molecular weight is 235 g/mol. The van der Waals surface area contributed by atoms with E-state index in [-0.39, 0.29) is 12.6 Å². The maximum Gasteiger partial charge on any atom is 0.411 e. The van der Waals surface area contributed by atoms with Gasteiger partial charge in [-0.3, -0.25) is 0 Å². The minimum Gasteiger partial charge on any atom is -0.370 e. The molecule has 0 spiro atoms. The molecule has 0 radical (unpaired) electrons. The smallest absolute Gasteiger partial charge is 0.370 e. The highest BCUT2D eigenvalue weighted by atomic mass is 19.4. The third kappa shape index (κ3) is 4.54. The summed E-state index contributed by atoms with van der Waals surface area (Å²) < 4.78 is 40.1. The minimum absolute atomic E-state index is 0.0800. The molecule has 1 atom stereocenters. The summed E-state index contributed by atoms with van der Waals surface area (Å²) >= 11 is 0. The molecule has 0 amide bonds. The molecule has 0 fully saturated rings. The SMILES string of the molecule is CNC(COCC(F)(F)F)c1cncnc1. The average Bonchev–Trinajstić information content (AvgIpc) is 2.24. The van der Waals surface area contributed by atoms with Crippen molar-refractivity contribution in [1.29, 1.82) is 0 Å². The Hall–Kier alpha value is -1.21. The number of nitrogens with zero attached hydrogens (tertiary/aromatic N) is 2. The van der Waals surface area contributed by atoms with Crippen molar-refractivity contribution < 1.29 is 17.9 Å². The molecule has 1 unspecified atom stereocenters. The first-order chi connectivity index (χ1) is 7.53. The molecular formula is C9H12F3N3O. The van der Waals surface area contributed by atoms with Crippen LogP contribution in [0.15, 0.2) is 18.7 Å². The van der Waals surface area contributed by atoms with Gasteiger partial charge in [0, 0.05) is 18.0 Å². The maximum absolute atomic E-state index is 11.8. The second-order valence-electron chi connectivity index (χ2n) is 3.14. The van der Waals surface area contributed by atoms with E-state index in [1.807, 2.05) is 0 Å². The van der Waals surface area contributed by atoms with Gasteiger partial charge in [0.05, 0.1) is 12.6 Å². The van der Waals surface area contributed by atoms with Gasteiger partial charge in [0.1, 0.15) is 12.9 Å². The van der Waals surface area contributed by atoms with Gasteiger partial charge >= 0.3 is 6.18 Å². The third-order valence-electron chi connectivity index (χ3n) is 1.88. The van der Waals surface area contributed by atoms with Crippen LogP contribution in [0.1, 0.15) is 11.6 Å². The molecule has 16 heavy (non-hydrogen) atoms. The van der Waals surface area contributed by atoms with Gasteiger partial charge in [-0.2, -0.15) is 13.2 Å². The van der Waals surface area contributed by atoms with Crippen LogP contribution in [0.2, 0.25) is 0 Å². The molecule has 0 aliphatic heterocycles. The van der Waals surface area contributed by atoms with Crippen LogP contribution in [0, 0.1) is 0 Å². The van der Waals surface area contributed by atoms with Crippen molar-refractivity contribution in [3.63, 3.8) is 0 Å². The largest absolute Gasteiger partial charge is 0.411 e. The summed E-state index contributed by atoms with van der Waals surface area (Å²) in [5.74, 6) is 0. The van der Waals surface area contributed by atoms with E-state index in [1.165, 1.54) is 18.7 Å². The standard InChI is InChI=1S/C9H12F3N3O/c1-13-8(4-16-5-9(10,11)12)7-2-14-6-15-3-7/h2-3,6,8,13H,4-5H2,1H3. The number of alkyl halides is 3. The number of ether oxygens (including phenoxy) is 1. The molecule has 0 saturated carbocycles. The number of likely N-dealkylation sites (N-methyl/N-ethyl adjacent to an activating group) is 1. The highest BCUT2D eigenvalue weighted by molar-refractivity contribution is 5.08. The van der Waals surface area contributed by atoms with E-state index < -0.39 is 12.8 Å². The first-order valence-corrected chi connectivity index (χ1v) is 4.59. The quantitative estimate of drug-likeness (QED) is 0.836. The van der Waals surface area contributed by atoms with Crippen molar-refractivity contribution in [2.75, 3.05) is 20.3 Å². The van der Waals surface area contributed by atoms with Crippen LogP contribution in [-0.4, -0.2) is 36.4 Å². The van der Waals surface area contributed by atoms with Crippen LogP contribution < -0.4 is 5.32 Å². The van der Waals surface area contributed by atoms with Crippen molar-refractivity contribution >= 4 is 0 Å². The molecule has 1 rings (SSSR count). The zero-order valence-corrected chi connectivity index (χ0v) is 8.66. The lowest BCUT2D eigenvalue weighted by Gasteiger charge is -2.16. The van der Waals surface area contributed by atoms with Gasteiger partial charge in [-0.25, -0.2) is 9.97 Å². The molecule has 90 valence electrons. The summed E-state index contributed by atoms with van der Waals surface area (Å²) in [6.07, 6.45) is 0.120. The summed E-state index contributed by atoms with van der Waals surface area (Å²) in [6.45, 7) is -1.33. The van der Waals surface area contributed by atoms with Gasteiger partial charge in [0.15, 0.2) is 0 Å². The van der Waals surface area contributed by atoms with Crippen molar-refractivity contribution in [3.05, 3.63) is 24.3 Å². The van der Waals surface area contributed by atoms with Crippen molar-refractivity contribution in [2.24, 2.45) is 0 Å². The van der Waals surface area contributed by atoms with Crippen LogP contribution >= 0.6 is 0 Å². The van der Waals surface area contributed by atoms with E-state index in [9.17, 15) is 13.2 Å². The topological polar surface area (TPSA) is 47.0 Å². The summed E-state index contributed by atoms with van der Waals surface area (Å²) in [6, 6.07) is -0.344. The van der Waals surface area contributed by atoms with Gasteiger partial charge in [0.25, 0.3) is 0 Å². The Labute approximate surface area is 90.9 Å². The highest BCUT2D eigenvalue weighted by Gasteiger charge is 2.27. The van der Waals surface area contributed by atoms with Gasteiger partial charge in [-0.15, -0.1) is 0 Å². The summed E-state index contributed by atoms with van der Waals surface area (Å²) in [7, 11) is 1.63. The predicted molar refractivity (Wildman–Crippen MR) is 50.7 cm³/mol. The molecule has 0 aliphatic carbocycles. The first-order valence-electron chi connectivity index (χ1n) is 4.59. The van der Waals surface area contributed by atoms with Gasteiger partial charge < -0.3 is 10.1 Å². The summed E-state index contributed by atoms with van der Waals surface area (Å²) in [5.41, 5.74) is 0.687. The molecular weight excluding hydrogens is 223 g/mol. The number of nitrogens with one attached hydrogen (secondary N) is 1. The Kier molecular flexibility index (Phi) is 4.63. The maximum atomic E-state index is 11.8. The Morgan fingerprint density at radius 2 is 2.00 bits per heavy atom. The van der Waals surface area contributed by atoms with Crippen LogP contribution in [0.3, 0.4) is 0 Å². The lowest BCUT2D eigenvalue weighted by molar-refractivity contribution is -0.175. The molecule has 0 bridgehead atoms. The Bertz CT molecular complexity index is 305. The summed E-state index contributed by atoms with van der Waals surface area (Å²) in [5, 5.41) is 2.83. The zero-order chi connectivity index (χ0) is 12.0. The van der Waals surface area contributed by atoms with Gasteiger partial charge in [-0.05, 0) is 7.05 Å². The van der Waals surface area contributed by atoms with E-state index in [4.69, 9.17) is 0 Å². The lowest BCUT2D eigenvalue weighted by Crippen LogP contribution is -2.25. The molecule has 1 aromatic heterocycles. The number of aromatic nitrogens is 2. The number of hydrogen-bond acceptors (Lipinski definition) is 4. The number of rotatable bonds is 5. The van der Waals surface area contributed by atoms with Crippen LogP contribution in [0.4, 0.5) is 13.2 Å². The van der Waals surface area contributed by atoms with E-state index >= 15 is 0 Å². The van der Waals surface area contributed by atoms with E-state index in [2.05, 4.69) is 20.0 Å². The normalized spacial score (nSPS) is 13.8. The molecule has 0 saturated heterocycles. The molecule has 1 aromatic rings. The number of hydrogen-bond donors (Lipinski definition) is 1. The Morgan fingerprint density at radius 1 is 1.38 bits per heavy atom. The second-order valence-corrected chi connectivity index (χ2v) is 3.14. The van der Waals surface area contributed by atoms with Crippen molar-refractivity contribution in [1.82, 2.24) is 15.3 Å². The van der Waals surface area contributed by atoms with Crippen LogP contribution in [0.5, 0.6) is 0 Å². The molecule has 1 N–H and O–H groups in total. The number of halogens is 3. The van der Waals surface area contributed by atoms with Crippen LogP contribution in [-0.2, 0) is 4.74 Å². The van der Waals surface area contributed by atoms with Gasteiger partial charge in [-0.1, -0.05) is 0 Å². The lowest BCUT2D eigenvalue weighted by atomic mass is 10.2. The third-order valence-corrected chi connectivity index (χ3v) is 1.88. The fourth-order valence-corrected chi connectivity index (χ4v) is 1.13. The predicted octanol–water partition coefficient (Wildman–Crippen LogP) is 1.32. The molecule has 7 heteroatoms. The van der Waals surface area contributed by atoms with Crippen molar-refractivity contribution in [2.45, 2.75) is 12.2 Å². The van der Waals surface area contributed by atoms with E-state index in [0.717, 1.165) is 0 Å². The Morgan fingerprint density at radius 3 is 2.50 bits per heavy atom. The van der Waals surface area contributed by atoms with Crippen molar-refractivity contribution in [3.8, 4) is 0 Å². The molecule has 0 aliphatic rings. The Balaban J connectivity index is 2.45. The van der Waals surface area contributed by atoms with Gasteiger partial charge in [0.2, 0.25) is 0 Å². The first kappa shape index (κ1) is 12.9. The fraction of sp³-hybridized carbons (Fsp3) is 0.556. The minimum atomic E-state index is -4.30. The highest BCUT2D eigenvalue weighted by Crippen LogP contribution is 2.16. The zero-order valence-electron chi connectivity index (χ0n) is 8.66.